The molecule has 0 amide bonds. The third-order valence-electron chi connectivity index (χ3n) is 4.18. The number of carbonyl (C=O) groups is 1. The van der Waals surface area contributed by atoms with Gasteiger partial charge in [0.2, 0.25) is 0 Å². The second-order valence-corrected chi connectivity index (χ2v) is 6.15. The summed E-state index contributed by atoms with van der Waals surface area (Å²) in [6.45, 7) is 8.80. The van der Waals surface area contributed by atoms with E-state index in [1.807, 2.05) is 0 Å². The predicted octanol–water partition coefficient (Wildman–Crippen LogP) is 2.25. The minimum Gasteiger partial charge on any atom is -0.379 e. The molecule has 0 aromatic carbocycles. The van der Waals surface area contributed by atoms with E-state index in [2.05, 4.69) is 18.7 Å². The maximum atomic E-state index is 10.8. The molecule has 98 valence electrons. The molecule has 2 fully saturated rings. The Morgan fingerprint density at radius 2 is 2.18 bits per heavy atom. The van der Waals surface area contributed by atoms with Crippen LogP contribution in [0.15, 0.2) is 0 Å². The van der Waals surface area contributed by atoms with Crippen molar-refractivity contribution in [2.24, 2.45) is 5.41 Å². The maximum Gasteiger partial charge on any atom is 0.132 e. The molecule has 1 saturated heterocycles. The standard InChI is InChI=1S/C14H25NO2/c1-11(2)15-10-14(5-6-14)8-13(15)9-17-7-4-12(3)16/h11,13H,4-10H2,1-3H3/t13-/m0/s1. The zero-order valence-corrected chi connectivity index (χ0v) is 11.4. The van der Waals surface area contributed by atoms with E-state index >= 15 is 0 Å². The fourth-order valence-corrected chi connectivity index (χ4v) is 2.93. The summed E-state index contributed by atoms with van der Waals surface area (Å²) in [7, 11) is 0. The van der Waals surface area contributed by atoms with Crippen LogP contribution in [0.5, 0.6) is 0 Å². The van der Waals surface area contributed by atoms with Gasteiger partial charge in [0, 0.05) is 25.0 Å². The van der Waals surface area contributed by atoms with Crippen molar-refractivity contribution in [3.63, 3.8) is 0 Å². The molecule has 3 heteroatoms. The fourth-order valence-electron chi connectivity index (χ4n) is 2.93. The van der Waals surface area contributed by atoms with Crippen LogP contribution in [0.1, 0.15) is 46.5 Å². The van der Waals surface area contributed by atoms with Crippen molar-refractivity contribution in [2.75, 3.05) is 19.8 Å². The van der Waals surface area contributed by atoms with Crippen LogP contribution >= 0.6 is 0 Å². The molecule has 0 bridgehead atoms. The molecule has 1 atom stereocenters. The number of ketones is 1. The van der Waals surface area contributed by atoms with Gasteiger partial charge in [-0.15, -0.1) is 0 Å². The van der Waals surface area contributed by atoms with Crippen LogP contribution in [0, 0.1) is 5.41 Å². The van der Waals surface area contributed by atoms with Gasteiger partial charge in [0.05, 0.1) is 13.2 Å². The minimum absolute atomic E-state index is 0.218. The SMILES string of the molecule is CC(=O)CCOC[C@@H]1CC2(CC2)CN1C(C)C. The fraction of sp³-hybridized carbons (Fsp3) is 0.929. The van der Waals surface area contributed by atoms with Gasteiger partial charge in [-0.2, -0.15) is 0 Å². The molecule has 17 heavy (non-hydrogen) atoms. The third kappa shape index (κ3) is 3.29. The quantitative estimate of drug-likeness (QED) is 0.666. The normalized spacial score (nSPS) is 26.9. The molecule has 1 heterocycles. The summed E-state index contributed by atoms with van der Waals surface area (Å²) >= 11 is 0. The molecule has 0 aromatic rings. The van der Waals surface area contributed by atoms with Crippen molar-refractivity contribution in [1.82, 2.24) is 4.90 Å². The van der Waals surface area contributed by atoms with Crippen molar-refractivity contribution in [1.29, 1.82) is 0 Å². The molecule has 2 rings (SSSR count). The molecular formula is C14H25NO2. The first-order valence-electron chi connectivity index (χ1n) is 6.85. The maximum absolute atomic E-state index is 10.8. The van der Waals surface area contributed by atoms with Gasteiger partial charge in [-0.3, -0.25) is 9.69 Å². The van der Waals surface area contributed by atoms with Crippen LogP contribution in [0.25, 0.3) is 0 Å². The highest BCUT2D eigenvalue weighted by molar-refractivity contribution is 5.75. The monoisotopic (exact) mass is 239 g/mol. The van der Waals surface area contributed by atoms with Gasteiger partial charge in [-0.25, -0.2) is 0 Å². The summed E-state index contributed by atoms with van der Waals surface area (Å²) in [4.78, 5) is 13.4. The van der Waals surface area contributed by atoms with E-state index in [-0.39, 0.29) is 5.78 Å². The van der Waals surface area contributed by atoms with Crippen LogP contribution in [-0.4, -0.2) is 42.5 Å². The summed E-state index contributed by atoms with van der Waals surface area (Å²) in [5.41, 5.74) is 0.638. The first-order valence-corrected chi connectivity index (χ1v) is 6.85. The van der Waals surface area contributed by atoms with E-state index in [9.17, 15) is 4.79 Å². The van der Waals surface area contributed by atoms with Crippen LogP contribution in [0.2, 0.25) is 0 Å². The Kier molecular flexibility index (Phi) is 3.88. The lowest BCUT2D eigenvalue weighted by Gasteiger charge is -2.28. The van der Waals surface area contributed by atoms with Gasteiger partial charge >= 0.3 is 0 Å². The number of carbonyl (C=O) groups excluding carboxylic acids is 1. The number of rotatable bonds is 6. The number of ether oxygens (including phenoxy) is 1. The van der Waals surface area contributed by atoms with Crippen molar-refractivity contribution < 1.29 is 9.53 Å². The molecule has 0 unspecified atom stereocenters. The van der Waals surface area contributed by atoms with Crippen molar-refractivity contribution >= 4 is 5.78 Å². The van der Waals surface area contributed by atoms with E-state index in [1.165, 1.54) is 25.8 Å². The molecule has 0 radical (unpaired) electrons. The van der Waals surface area contributed by atoms with Crippen LogP contribution in [0.3, 0.4) is 0 Å². The Bertz CT molecular complexity index is 284. The van der Waals surface area contributed by atoms with Crippen LogP contribution in [0.4, 0.5) is 0 Å². The highest BCUT2D eigenvalue weighted by atomic mass is 16.5. The highest BCUT2D eigenvalue weighted by Gasteiger charge is 2.52. The number of hydrogen-bond donors (Lipinski definition) is 0. The second kappa shape index (κ2) is 5.07. The highest BCUT2D eigenvalue weighted by Crippen LogP contribution is 2.55. The Labute approximate surface area is 105 Å². The van der Waals surface area contributed by atoms with Gasteiger partial charge in [-0.1, -0.05) is 0 Å². The summed E-state index contributed by atoms with van der Waals surface area (Å²) in [6.07, 6.45) is 4.66. The van der Waals surface area contributed by atoms with Crippen LogP contribution < -0.4 is 0 Å². The number of Topliss-reactive ketones (excluding diaryl/α,β-unsaturated/α-hetero) is 1. The summed E-state index contributed by atoms with van der Waals surface area (Å²) in [5.74, 6) is 0.218. The molecule has 2 aliphatic rings. The van der Waals surface area contributed by atoms with Gasteiger partial charge in [0.15, 0.2) is 0 Å². The van der Waals surface area contributed by atoms with Crippen LogP contribution in [-0.2, 0) is 9.53 Å². The van der Waals surface area contributed by atoms with Gasteiger partial charge in [-0.05, 0) is 45.4 Å². The summed E-state index contributed by atoms with van der Waals surface area (Å²) < 4.78 is 5.67. The zero-order valence-electron chi connectivity index (χ0n) is 11.4. The van der Waals surface area contributed by atoms with E-state index in [0.29, 0.717) is 30.5 Å². The first-order chi connectivity index (χ1) is 8.02. The van der Waals surface area contributed by atoms with E-state index in [1.54, 1.807) is 6.92 Å². The van der Waals surface area contributed by atoms with E-state index in [4.69, 9.17) is 4.74 Å². The first kappa shape index (κ1) is 13.0. The second-order valence-electron chi connectivity index (χ2n) is 6.15. The number of likely N-dealkylation sites (tertiary alicyclic amines) is 1. The van der Waals surface area contributed by atoms with Gasteiger partial charge in [0.25, 0.3) is 0 Å². The lowest BCUT2D eigenvalue weighted by Crippen LogP contribution is -2.38. The Balaban J connectivity index is 1.76. The molecular weight excluding hydrogens is 214 g/mol. The van der Waals surface area contributed by atoms with Gasteiger partial charge < -0.3 is 4.74 Å². The van der Waals surface area contributed by atoms with E-state index < -0.39 is 0 Å². The average molecular weight is 239 g/mol. The van der Waals surface area contributed by atoms with Crippen molar-refractivity contribution in [3.05, 3.63) is 0 Å². The molecule has 1 aliphatic heterocycles. The molecule has 1 saturated carbocycles. The predicted molar refractivity (Wildman–Crippen MR) is 68.0 cm³/mol. The number of hydrogen-bond acceptors (Lipinski definition) is 3. The lowest BCUT2D eigenvalue weighted by molar-refractivity contribution is -0.118. The lowest BCUT2D eigenvalue weighted by atomic mass is 10.0. The number of nitrogens with zero attached hydrogens (tertiary/aromatic N) is 1. The van der Waals surface area contributed by atoms with Crippen molar-refractivity contribution in [2.45, 2.75) is 58.5 Å². The summed E-state index contributed by atoms with van der Waals surface area (Å²) in [5, 5.41) is 0. The Morgan fingerprint density at radius 1 is 1.47 bits per heavy atom. The Morgan fingerprint density at radius 3 is 2.71 bits per heavy atom. The smallest absolute Gasteiger partial charge is 0.132 e. The van der Waals surface area contributed by atoms with Crippen molar-refractivity contribution in [3.8, 4) is 0 Å². The van der Waals surface area contributed by atoms with E-state index in [0.717, 1.165) is 6.61 Å². The zero-order chi connectivity index (χ0) is 12.5. The third-order valence-corrected chi connectivity index (χ3v) is 4.18. The van der Waals surface area contributed by atoms with Gasteiger partial charge in [0.1, 0.15) is 5.78 Å². The minimum atomic E-state index is 0.218. The summed E-state index contributed by atoms with van der Waals surface area (Å²) in [6, 6.07) is 1.18. The molecule has 0 N–H and O–H groups in total. The molecule has 1 aliphatic carbocycles. The Hall–Kier alpha value is -0.410. The topological polar surface area (TPSA) is 29.5 Å². The average Bonchev–Trinajstić information content (AvgIpc) is 2.87. The largest absolute Gasteiger partial charge is 0.379 e. The molecule has 1 spiro atoms. The molecule has 0 aromatic heterocycles. The molecule has 3 nitrogen and oxygen atoms in total.